The number of hydrogen-bond donors (Lipinski definition) is 2. The number of H-pyrrole nitrogens is 1. The first-order valence-corrected chi connectivity index (χ1v) is 11.3. The van der Waals surface area contributed by atoms with E-state index in [9.17, 15) is 4.79 Å². The Balaban J connectivity index is 2.00. The van der Waals surface area contributed by atoms with Crippen LogP contribution in [0.25, 0.3) is 16.8 Å². The lowest BCUT2D eigenvalue weighted by molar-refractivity contribution is 0.739. The number of pyridine rings is 1. The second-order valence-corrected chi connectivity index (χ2v) is 8.58. The van der Waals surface area contributed by atoms with E-state index in [4.69, 9.17) is 0 Å². The average Bonchev–Trinajstić information content (AvgIpc) is 2.77. The van der Waals surface area contributed by atoms with Gasteiger partial charge in [0, 0.05) is 42.2 Å². The first-order chi connectivity index (χ1) is 15.4. The average molecular weight is 427 g/mol. The molecular weight excluding hydrogens is 392 g/mol. The molecule has 0 radical (unpaired) electrons. The van der Waals surface area contributed by atoms with Gasteiger partial charge in [0.2, 0.25) is 0 Å². The molecule has 32 heavy (non-hydrogen) atoms. The van der Waals surface area contributed by atoms with Gasteiger partial charge in [-0.3, -0.25) is 4.79 Å². The van der Waals surface area contributed by atoms with Gasteiger partial charge in [0.25, 0.3) is 0 Å². The maximum atomic E-state index is 12.6. The molecular formula is C29H34N2O. The third-order valence-corrected chi connectivity index (χ3v) is 5.74. The predicted octanol–water partition coefficient (Wildman–Crippen LogP) is 6.09. The number of aromatic nitrogens is 1. The van der Waals surface area contributed by atoms with Crippen molar-refractivity contribution in [3.63, 3.8) is 0 Å². The molecule has 0 atom stereocenters. The molecule has 1 heterocycles. The summed E-state index contributed by atoms with van der Waals surface area (Å²) < 4.78 is 0. The fourth-order valence-electron chi connectivity index (χ4n) is 3.99. The van der Waals surface area contributed by atoms with Crippen molar-refractivity contribution < 1.29 is 0 Å². The quantitative estimate of drug-likeness (QED) is 0.385. The summed E-state index contributed by atoms with van der Waals surface area (Å²) in [4.78, 5) is 16.0. The predicted molar refractivity (Wildman–Crippen MR) is 137 cm³/mol. The van der Waals surface area contributed by atoms with Gasteiger partial charge in [0.15, 0.2) is 5.43 Å². The van der Waals surface area contributed by atoms with Gasteiger partial charge in [-0.2, -0.15) is 0 Å². The molecule has 3 heteroatoms. The lowest BCUT2D eigenvalue weighted by Crippen LogP contribution is -2.17. The van der Waals surface area contributed by atoms with Crippen LogP contribution < -0.4 is 10.7 Å². The molecule has 0 amide bonds. The van der Waals surface area contributed by atoms with Crippen LogP contribution >= 0.6 is 0 Å². The zero-order chi connectivity index (χ0) is 23.1. The first kappa shape index (κ1) is 23.5. The minimum atomic E-state index is -0.00158. The van der Waals surface area contributed by atoms with Crippen LogP contribution in [0.15, 0.2) is 78.3 Å². The largest absolute Gasteiger partial charge is 0.360 e. The van der Waals surface area contributed by atoms with Crippen molar-refractivity contribution in [3.05, 3.63) is 111 Å². The van der Waals surface area contributed by atoms with Crippen LogP contribution in [0, 0.1) is 0 Å². The lowest BCUT2D eigenvalue weighted by atomic mass is 9.91. The summed E-state index contributed by atoms with van der Waals surface area (Å²) in [5, 5.41) is 3.49. The number of rotatable bonds is 10. The minimum absolute atomic E-state index is 0.00158. The molecule has 2 N–H and O–H groups in total. The van der Waals surface area contributed by atoms with Crippen LogP contribution in [-0.4, -0.2) is 11.5 Å². The van der Waals surface area contributed by atoms with Crippen molar-refractivity contribution in [2.45, 2.75) is 46.6 Å². The van der Waals surface area contributed by atoms with Crippen LogP contribution in [0.5, 0.6) is 0 Å². The molecule has 0 saturated carbocycles. The Labute approximate surface area is 191 Å². The molecule has 2 aromatic carbocycles. The van der Waals surface area contributed by atoms with Crippen molar-refractivity contribution in [2.24, 2.45) is 0 Å². The number of hydrogen-bond acceptors (Lipinski definition) is 2. The molecule has 0 bridgehead atoms. The third kappa shape index (κ3) is 5.95. The highest BCUT2D eigenvalue weighted by Crippen LogP contribution is 2.27. The van der Waals surface area contributed by atoms with Gasteiger partial charge in [-0.1, -0.05) is 62.1 Å². The van der Waals surface area contributed by atoms with Gasteiger partial charge in [0.1, 0.15) is 0 Å². The lowest BCUT2D eigenvalue weighted by Gasteiger charge is -2.17. The maximum absolute atomic E-state index is 12.6. The molecule has 166 valence electrons. The Kier molecular flexibility index (Phi) is 8.02. The number of aromatic amines is 1. The summed E-state index contributed by atoms with van der Waals surface area (Å²) in [5.74, 6) is 0. The standard InChI is InChI=1S/C29H34N2O/c1-6-23-15-26(28-16-29(32)27(19-31-28)21(4)5)25(18-30-17-20(2)3)14-24(23)13-12-22-10-8-7-9-11-22/h7-11,14-16,19,30H,2,4,6,12-13,17-18H2,1,3,5H3,(H,31,32). The SMILES string of the molecule is C=C(C)CNCc1cc(CCc2ccccc2)c(CC)cc1-c1cc(=O)c(C(=C)C)c[nH]1. The fraction of sp³-hybridized carbons (Fsp3) is 0.276. The summed E-state index contributed by atoms with van der Waals surface area (Å²) in [7, 11) is 0. The molecule has 0 spiro atoms. The van der Waals surface area contributed by atoms with Crippen molar-refractivity contribution in [2.75, 3.05) is 6.54 Å². The third-order valence-electron chi connectivity index (χ3n) is 5.74. The highest BCUT2D eigenvalue weighted by molar-refractivity contribution is 5.68. The summed E-state index contributed by atoms with van der Waals surface area (Å²) in [6, 6.07) is 16.9. The van der Waals surface area contributed by atoms with Gasteiger partial charge >= 0.3 is 0 Å². The topological polar surface area (TPSA) is 44.9 Å². The van der Waals surface area contributed by atoms with Gasteiger partial charge in [0.05, 0.1) is 0 Å². The summed E-state index contributed by atoms with van der Waals surface area (Å²) in [5.41, 5.74) is 9.64. The molecule has 3 aromatic rings. The van der Waals surface area contributed by atoms with Gasteiger partial charge in [-0.15, -0.1) is 0 Å². The fourth-order valence-corrected chi connectivity index (χ4v) is 3.99. The van der Waals surface area contributed by atoms with Gasteiger partial charge in [-0.05, 0) is 67.0 Å². The molecule has 3 nitrogen and oxygen atoms in total. The highest BCUT2D eigenvalue weighted by atomic mass is 16.1. The second kappa shape index (κ2) is 10.9. The highest BCUT2D eigenvalue weighted by Gasteiger charge is 2.13. The van der Waals surface area contributed by atoms with Crippen molar-refractivity contribution in [1.29, 1.82) is 0 Å². The number of aryl methyl sites for hydroxylation is 3. The molecule has 0 aliphatic carbocycles. The zero-order valence-electron chi connectivity index (χ0n) is 19.6. The molecule has 0 fully saturated rings. The van der Waals surface area contributed by atoms with E-state index in [0.717, 1.165) is 54.8 Å². The van der Waals surface area contributed by atoms with E-state index in [1.807, 2.05) is 13.8 Å². The van der Waals surface area contributed by atoms with Gasteiger partial charge < -0.3 is 10.3 Å². The van der Waals surface area contributed by atoms with E-state index in [2.05, 4.69) is 72.8 Å². The number of allylic oxidation sites excluding steroid dienone is 1. The molecule has 1 aromatic heterocycles. The maximum Gasteiger partial charge on any atom is 0.189 e. The van der Waals surface area contributed by atoms with E-state index in [1.165, 1.54) is 22.3 Å². The molecule has 3 rings (SSSR count). The van der Waals surface area contributed by atoms with Crippen molar-refractivity contribution in [1.82, 2.24) is 10.3 Å². The monoisotopic (exact) mass is 426 g/mol. The Bertz CT molecular complexity index is 1160. The van der Waals surface area contributed by atoms with Crippen LogP contribution in [0.1, 0.15) is 48.6 Å². The second-order valence-electron chi connectivity index (χ2n) is 8.58. The Morgan fingerprint density at radius 3 is 2.34 bits per heavy atom. The Morgan fingerprint density at radius 2 is 1.72 bits per heavy atom. The summed E-state index contributed by atoms with van der Waals surface area (Å²) in [6.07, 6.45) is 4.73. The van der Waals surface area contributed by atoms with Crippen molar-refractivity contribution in [3.8, 4) is 11.3 Å². The van der Waals surface area contributed by atoms with E-state index >= 15 is 0 Å². The Hall–Kier alpha value is -3.17. The normalized spacial score (nSPS) is 10.8. The number of nitrogens with one attached hydrogen (secondary N) is 2. The smallest absolute Gasteiger partial charge is 0.189 e. The molecule has 0 saturated heterocycles. The van der Waals surface area contributed by atoms with Crippen LogP contribution in [0.2, 0.25) is 0 Å². The van der Waals surface area contributed by atoms with E-state index in [1.54, 1.807) is 12.3 Å². The molecule has 0 unspecified atom stereocenters. The van der Waals surface area contributed by atoms with E-state index in [-0.39, 0.29) is 5.43 Å². The van der Waals surface area contributed by atoms with E-state index in [0.29, 0.717) is 5.56 Å². The van der Waals surface area contributed by atoms with E-state index < -0.39 is 0 Å². The van der Waals surface area contributed by atoms with Crippen molar-refractivity contribution >= 4 is 5.57 Å². The number of benzene rings is 2. The van der Waals surface area contributed by atoms with Crippen LogP contribution in [0.3, 0.4) is 0 Å². The van der Waals surface area contributed by atoms with Crippen LogP contribution in [0.4, 0.5) is 0 Å². The molecule has 0 aliphatic rings. The Morgan fingerprint density at radius 1 is 0.969 bits per heavy atom. The van der Waals surface area contributed by atoms with Crippen LogP contribution in [-0.2, 0) is 25.8 Å². The first-order valence-electron chi connectivity index (χ1n) is 11.3. The zero-order valence-corrected chi connectivity index (χ0v) is 19.6. The molecule has 0 aliphatic heterocycles. The summed E-state index contributed by atoms with van der Waals surface area (Å²) in [6.45, 7) is 15.5. The minimum Gasteiger partial charge on any atom is -0.360 e. The van der Waals surface area contributed by atoms with Gasteiger partial charge in [-0.25, -0.2) is 0 Å². The summed E-state index contributed by atoms with van der Waals surface area (Å²) >= 11 is 0.